The van der Waals surface area contributed by atoms with E-state index in [1.807, 2.05) is 31.2 Å². The second-order valence-corrected chi connectivity index (χ2v) is 10.7. The Hall–Kier alpha value is -2.19. The van der Waals surface area contributed by atoms with Gasteiger partial charge in [-0.05, 0) is 50.0 Å². The fourth-order valence-corrected chi connectivity index (χ4v) is 6.05. The number of benzene rings is 1. The van der Waals surface area contributed by atoms with Gasteiger partial charge in [0, 0.05) is 36.7 Å². The Bertz CT molecular complexity index is 981. The summed E-state index contributed by atoms with van der Waals surface area (Å²) in [5.74, 6) is -1.18. The number of rotatable bonds is 6. The van der Waals surface area contributed by atoms with Crippen molar-refractivity contribution in [1.29, 1.82) is 0 Å². The second kappa shape index (κ2) is 8.74. The number of sulfonamides is 1. The van der Waals surface area contributed by atoms with Crippen molar-refractivity contribution >= 4 is 21.8 Å². The second-order valence-electron chi connectivity index (χ2n) is 8.91. The minimum atomic E-state index is -3.72. The number of carbonyl (C=O) groups is 2. The van der Waals surface area contributed by atoms with E-state index in [2.05, 4.69) is 4.90 Å². The molecule has 2 amide bonds. The molecule has 168 valence electrons. The molecule has 0 unspecified atom stereocenters. The molecule has 2 atom stereocenters. The Labute approximate surface area is 184 Å². The highest BCUT2D eigenvalue weighted by atomic mass is 32.2. The third kappa shape index (κ3) is 4.41. The zero-order valence-electron chi connectivity index (χ0n) is 18.3. The van der Waals surface area contributed by atoms with Crippen LogP contribution in [-0.2, 0) is 21.4 Å². The third-order valence-corrected chi connectivity index (χ3v) is 7.60. The van der Waals surface area contributed by atoms with Crippen LogP contribution in [0.3, 0.4) is 0 Å². The molecule has 7 nitrogen and oxygen atoms in total. The largest absolute Gasteiger partial charge is 0.313 e. The van der Waals surface area contributed by atoms with Crippen LogP contribution in [0.5, 0.6) is 0 Å². The number of hydrogen-bond donors (Lipinski definition) is 0. The van der Waals surface area contributed by atoms with E-state index in [1.165, 1.54) is 24.8 Å². The maximum atomic E-state index is 13.1. The maximum Gasteiger partial charge on any atom is 0.257 e. The molecule has 0 saturated carbocycles. The summed E-state index contributed by atoms with van der Waals surface area (Å²) in [4.78, 5) is 29.8. The summed E-state index contributed by atoms with van der Waals surface area (Å²) < 4.78 is 25.4. The Morgan fingerprint density at radius 3 is 2.39 bits per heavy atom. The summed E-state index contributed by atoms with van der Waals surface area (Å²) in [5.41, 5.74) is 2.19. The van der Waals surface area contributed by atoms with Crippen LogP contribution in [0, 0.1) is 11.8 Å². The topological polar surface area (TPSA) is 78.0 Å². The van der Waals surface area contributed by atoms with Gasteiger partial charge in [0.05, 0.1) is 12.0 Å². The predicted molar refractivity (Wildman–Crippen MR) is 118 cm³/mol. The summed E-state index contributed by atoms with van der Waals surface area (Å²) in [6, 6.07) is 7.69. The smallest absolute Gasteiger partial charge is 0.257 e. The van der Waals surface area contributed by atoms with Gasteiger partial charge < -0.3 is 4.90 Å². The van der Waals surface area contributed by atoms with Crippen LogP contribution in [0.15, 0.2) is 36.2 Å². The van der Waals surface area contributed by atoms with Crippen molar-refractivity contribution in [3.63, 3.8) is 0 Å². The third-order valence-electron chi connectivity index (χ3n) is 6.55. The molecule has 2 fully saturated rings. The van der Waals surface area contributed by atoms with E-state index in [9.17, 15) is 18.0 Å². The van der Waals surface area contributed by atoms with Gasteiger partial charge in [0.25, 0.3) is 5.91 Å². The molecule has 4 rings (SSSR count). The van der Waals surface area contributed by atoms with E-state index >= 15 is 0 Å². The summed E-state index contributed by atoms with van der Waals surface area (Å²) in [5, 5.41) is 0. The van der Waals surface area contributed by atoms with Crippen molar-refractivity contribution in [2.45, 2.75) is 45.6 Å². The van der Waals surface area contributed by atoms with Gasteiger partial charge in [-0.15, -0.1) is 0 Å². The van der Waals surface area contributed by atoms with Gasteiger partial charge in [-0.1, -0.05) is 31.9 Å². The number of carbonyl (C=O) groups excluding carboxylic acids is 2. The molecule has 0 spiro atoms. The predicted octanol–water partition coefficient (Wildman–Crippen LogP) is 2.80. The van der Waals surface area contributed by atoms with Crippen molar-refractivity contribution in [3.8, 4) is 0 Å². The molecule has 1 aromatic carbocycles. The molecule has 3 aliphatic heterocycles. The fraction of sp³-hybridized carbons (Fsp3) is 0.565. The van der Waals surface area contributed by atoms with Gasteiger partial charge in [0.15, 0.2) is 0 Å². The van der Waals surface area contributed by atoms with E-state index in [4.69, 9.17) is 0 Å². The van der Waals surface area contributed by atoms with Crippen LogP contribution >= 0.6 is 0 Å². The van der Waals surface area contributed by atoms with E-state index in [1.54, 1.807) is 11.1 Å². The van der Waals surface area contributed by atoms with Crippen LogP contribution in [0.2, 0.25) is 0 Å². The summed E-state index contributed by atoms with van der Waals surface area (Å²) in [7, 11) is -3.72. The van der Waals surface area contributed by atoms with Crippen molar-refractivity contribution in [2.75, 3.05) is 25.9 Å². The van der Waals surface area contributed by atoms with E-state index in [0.29, 0.717) is 24.2 Å². The first-order chi connectivity index (χ1) is 14.8. The Morgan fingerprint density at radius 2 is 1.77 bits per heavy atom. The molecular weight excluding hydrogens is 414 g/mol. The van der Waals surface area contributed by atoms with Gasteiger partial charge in [0.2, 0.25) is 15.9 Å². The highest BCUT2D eigenvalue weighted by molar-refractivity contribution is 7.89. The van der Waals surface area contributed by atoms with E-state index in [0.717, 1.165) is 36.6 Å². The molecule has 0 aromatic heterocycles. The normalized spacial score (nSPS) is 24.5. The average Bonchev–Trinajstić information content (AvgIpc) is 3.26. The van der Waals surface area contributed by atoms with Crippen molar-refractivity contribution in [2.24, 2.45) is 11.8 Å². The number of fused-ring (bicyclic) bond motifs is 1. The molecule has 3 heterocycles. The maximum absolute atomic E-state index is 13.1. The summed E-state index contributed by atoms with van der Waals surface area (Å²) in [6.07, 6.45) is 7.79. The van der Waals surface area contributed by atoms with Gasteiger partial charge in [-0.2, -0.15) is 0 Å². The Kier molecular flexibility index (Phi) is 6.21. The lowest BCUT2D eigenvalue weighted by Crippen LogP contribution is -2.34. The van der Waals surface area contributed by atoms with E-state index < -0.39 is 15.9 Å². The van der Waals surface area contributed by atoms with Crippen LogP contribution in [0.25, 0.3) is 0 Å². The molecule has 0 aliphatic carbocycles. The van der Waals surface area contributed by atoms with Gasteiger partial charge in [0.1, 0.15) is 0 Å². The van der Waals surface area contributed by atoms with Gasteiger partial charge in [-0.25, -0.2) is 12.7 Å². The molecule has 1 aromatic rings. The monoisotopic (exact) mass is 445 g/mol. The van der Waals surface area contributed by atoms with Crippen LogP contribution in [-0.4, -0.2) is 60.2 Å². The molecule has 2 saturated heterocycles. The number of hydrogen-bond acceptors (Lipinski definition) is 5. The van der Waals surface area contributed by atoms with Crippen LogP contribution in [0.1, 0.15) is 54.9 Å². The highest BCUT2D eigenvalue weighted by Crippen LogP contribution is 2.42. The SMILES string of the molecule is CCC[C@H]1C(=O)N(S(C)(=O)=O)C2=CN(C(=O)c3ccc(CN4CCCCC4)cc3)C[C@@H]21. The lowest BCUT2D eigenvalue weighted by molar-refractivity contribution is -0.127. The summed E-state index contributed by atoms with van der Waals surface area (Å²) in [6.45, 7) is 5.46. The quantitative estimate of drug-likeness (QED) is 0.673. The standard InChI is InChI=1S/C23H31N3O4S/c1-3-7-19-20-15-25(16-21(20)26(23(19)28)31(2,29)30)22(27)18-10-8-17(9-11-18)14-24-12-5-4-6-13-24/h8-11,16,19-20H,3-7,12-15H2,1-2H3/t19-,20-/m1/s1. The molecule has 0 bridgehead atoms. The number of likely N-dealkylation sites (tertiary alicyclic amines) is 1. The van der Waals surface area contributed by atoms with Crippen LogP contribution in [0.4, 0.5) is 0 Å². The fourth-order valence-electron chi connectivity index (χ4n) is 5.03. The Balaban J connectivity index is 1.50. The van der Waals surface area contributed by atoms with Crippen LogP contribution < -0.4 is 0 Å². The van der Waals surface area contributed by atoms with Gasteiger partial charge in [-0.3, -0.25) is 14.5 Å². The highest BCUT2D eigenvalue weighted by Gasteiger charge is 2.51. The minimum absolute atomic E-state index is 0.164. The number of amides is 2. The first kappa shape index (κ1) is 22.0. The lowest BCUT2D eigenvalue weighted by atomic mass is 9.91. The van der Waals surface area contributed by atoms with E-state index in [-0.39, 0.29) is 17.7 Å². The number of nitrogens with zero attached hydrogens (tertiary/aromatic N) is 3. The Morgan fingerprint density at radius 1 is 1.10 bits per heavy atom. The number of piperidine rings is 1. The minimum Gasteiger partial charge on any atom is -0.313 e. The van der Waals surface area contributed by atoms with Crippen molar-refractivity contribution in [3.05, 3.63) is 47.3 Å². The lowest BCUT2D eigenvalue weighted by Gasteiger charge is -2.26. The first-order valence-electron chi connectivity index (χ1n) is 11.2. The van der Waals surface area contributed by atoms with Crippen molar-refractivity contribution in [1.82, 2.24) is 14.1 Å². The molecule has 0 N–H and O–H groups in total. The molecule has 31 heavy (non-hydrogen) atoms. The van der Waals surface area contributed by atoms with Crippen molar-refractivity contribution < 1.29 is 18.0 Å². The molecule has 0 radical (unpaired) electrons. The molecular formula is C23H31N3O4S. The zero-order valence-corrected chi connectivity index (χ0v) is 19.1. The van der Waals surface area contributed by atoms with Gasteiger partial charge >= 0.3 is 0 Å². The first-order valence-corrected chi connectivity index (χ1v) is 13.0. The summed E-state index contributed by atoms with van der Waals surface area (Å²) >= 11 is 0. The molecule has 3 aliphatic rings. The average molecular weight is 446 g/mol. The zero-order chi connectivity index (χ0) is 22.2. The molecule has 8 heteroatoms.